The van der Waals surface area contributed by atoms with Gasteiger partial charge in [0.05, 0.1) is 5.54 Å². The van der Waals surface area contributed by atoms with Crippen molar-refractivity contribution in [3.63, 3.8) is 0 Å². The third-order valence-corrected chi connectivity index (χ3v) is 5.86. The minimum Gasteiger partial charge on any atom is -0.336 e. The molecular formula is C22H27ClN2O. The van der Waals surface area contributed by atoms with E-state index in [1.54, 1.807) is 0 Å². The van der Waals surface area contributed by atoms with Crippen LogP contribution in [0.3, 0.4) is 0 Å². The zero-order chi connectivity index (χ0) is 17.3. The second kappa shape index (κ2) is 7.81. The van der Waals surface area contributed by atoms with Crippen molar-refractivity contribution in [1.29, 1.82) is 0 Å². The fourth-order valence-corrected chi connectivity index (χ4v) is 4.44. The molecular weight excluding hydrogens is 344 g/mol. The van der Waals surface area contributed by atoms with Crippen molar-refractivity contribution in [2.45, 2.75) is 50.1 Å². The van der Waals surface area contributed by atoms with Gasteiger partial charge in [-0.1, -0.05) is 73.9 Å². The predicted octanol–water partition coefficient (Wildman–Crippen LogP) is 4.24. The summed E-state index contributed by atoms with van der Waals surface area (Å²) in [5.74, 6) is 0.366. The molecule has 2 aromatic rings. The molecule has 3 nitrogen and oxygen atoms in total. The first-order chi connectivity index (χ1) is 12.2. The van der Waals surface area contributed by atoms with Crippen LogP contribution in [0.5, 0.6) is 0 Å². The molecule has 0 bridgehead atoms. The molecule has 1 unspecified atom stereocenters. The van der Waals surface area contributed by atoms with Crippen LogP contribution in [0.4, 0.5) is 0 Å². The number of hydrogen-bond acceptors (Lipinski definition) is 2. The molecule has 1 atom stereocenters. The number of nitrogens with two attached hydrogens (primary N) is 1. The van der Waals surface area contributed by atoms with Crippen molar-refractivity contribution in [1.82, 2.24) is 4.90 Å². The molecule has 0 radical (unpaired) electrons. The normalized spacial score (nSPS) is 21.4. The number of nitrogens with zero attached hydrogens (tertiary/aromatic N) is 1. The van der Waals surface area contributed by atoms with Crippen molar-refractivity contribution < 1.29 is 4.79 Å². The van der Waals surface area contributed by atoms with Gasteiger partial charge in [-0.15, -0.1) is 12.4 Å². The molecule has 1 saturated carbocycles. The monoisotopic (exact) mass is 370 g/mol. The van der Waals surface area contributed by atoms with Gasteiger partial charge in [0.2, 0.25) is 5.91 Å². The summed E-state index contributed by atoms with van der Waals surface area (Å²) in [6.45, 7) is 1.40. The highest BCUT2D eigenvalue weighted by Crippen LogP contribution is 2.36. The minimum absolute atomic E-state index is 0. The van der Waals surface area contributed by atoms with Gasteiger partial charge in [-0.25, -0.2) is 0 Å². The first-order valence-electron chi connectivity index (χ1n) is 9.38. The van der Waals surface area contributed by atoms with Gasteiger partial charge in [-0.3, -0.25) is 4.79 Å². The Morgan fingerprint density at radius 3 is 2.35 bits per heavy atom. The highest BCUT2D eigenvalue weighted by molar-refractivity contribution is 5.86. The number of rotatable bonds is 2. The van der Waals surface area contributed by atoms with Crippen LogP contribution in [-0.4, -0.2) is 22.9 Å². The van der Waals surface area contributed by atoms with Gasteiger partial charge in [0.15, 0.2) is 0 Å². The topological polar surface area (TPSA) is 46.3 Å². The van der Waals surface area contributed by atoms with E-state index in [4.69, 9.17) is 5.73 Å². The third kappa shape index (κ3) is 3.51. The number of amides is 1. The van der Waals surface area contributed by atoms with Crippen molar-refractivity contribution >= 4 is 18.3 Å². The van der Waals surface area contributed by atoms with Crippen molar-refractivity contribution in [2.75, 3.05) is 6.54 Å². The molecule has 2 aromatic carbocycles. The molecule has 1 amide bonds. The summed E-state index contributed by atoms with van der Waals surface area (Å²) in [6.07, 6.45) is 4.96. The van der Waals surface area contributed by atoms with E-state index in [-0.39, 0.29) is 24.2 Å². The molecule has 1 aliphatic heterocycles. The SMILES string of the molecule is Cl.NC1(C(=O)N2Cc3ccccc3C(c3ccccc3)C2)CCCCC1. The molecule has 2 N–H and O–H groups in total. The Morgan fingerprint density at radius 2 is 1.62 bits per heavy atom. The van der Waals surface area contributed by atoms with Crippen molar-refractivity contribution in [3.8, 4) is 0 Å². The standard InChI is InChI=1S/C22H26N2O.ClH/c23-22(13-7-2-8-14-22)21(25)24-15-18-11-5-6-12-19(18)20(16-24)17-9-3-1-4-10-17;/h1,3-6,9-12,20H,2,7-8,13-16,23H2;1H. The average molecular weight is 371 g/mol. The van der Waals surface area contributed by atoms with Gasteiger partial charge in [0, 0.05) is 19.0 Å². The highest BCUT2D eigenvalue weighted by atomic mass is 35.5. The summed E-state index contributed by atoms with van der Waals surface area (Å²) < 4.78 is 0. The predicted molar refractivity (Wildman–Crippen MR) is 107 cm³/mol. The smallest absolute Gasteiger partial charge is 0.242 e. The Balaban J connectivity index is 0.00000196. The van der Waals surface area contributed by atoms with Gasteiger partial charge < -0.3 is 10.6 Å². The van der Waals surface area contributed by atoms with Crippen LogP contribution in [0.25, 0.3) is 0 Å². The van der Waals surface area contributed by atoms with E-state index in [1.807, 2.05) is 11.0 Å². The quantitative estimate of drug-likeness (QED) is 0.859. The van der Waals surface area contributed by atoms with Gasteiger partial charge in [-0.05, 0) is 29.5 Å². The van der Waals surface area contributed by atoms with Crippen LogP contribution < -0.4 is 5.73 Å². The molecule has 2 aliphatic rings. The van der Waals surface area contributed by atoms with E-state index in [9.17, 15) is 4.79 Å². The van der Waals surface area contributed by atoms with E-state index in [1.165, 1.54) is 23.1 Å². The Kier molecular flexibility index (Phi) is 5.69. The lowest BCUT2D eigenvalue weighted by atomic mass is 9.79. The molecule has 26 heavy (non-hydrogen) atoms. The molecule has 4 rings (SSSR count). The lowest BCUT2D eigenvalue weighted by Crippen LogP contribution is -2.57. The summed E-state index contributed by atoms with van der Waals surface area (Å²) in [5.41, 5.74) is 9.74. The molecule has 4 heteroatoms. The fourth-order valence-electron chi connectivity index (χ4n) is 4.44. The summed E-state index contributed by atoms with van der Waals surface area (Å²) in [4.78, 5) is 15.3. The molecule has 1 heterocycles. The largest absolute Gasteiger partial charge is 0.336 e. The number of benzene rings is 2. The third-order valence-electron chi connectivity index (χ3n) is 5.86. The highest BCUT2D eigenvalue weighted by Gasteiger charge is 2.40. The van der Waals surface area contributed by atoms with Gasteiger partial charge in [-0.2, -0.15) is 0 Å². The summed E-state index contributed by atoms with van der Waals surface area (Å²) in [6, 6.07) is 19.0. The summed E-state index contributed by atoms with van der Waals surface area (Å²) in [5, 5.41) is 0. The van der Waals surface area contributed by atoms with Crippen LogP contribution in [0, 0.1) is 0 Å². The molecule has 1 fully saturated rings. The van der Waals surface area contributed by atoms with E-state index in [2.05, 4.69) is 48.5 Å². The molecule has 0 spiro atoms. The number of carbonyl (C=O) groups is 1. The zero-order valence-corrected chi connectivity index (χ0v) is 15.9. The van der Waals surface area contributed by atoms with E-state index < -0.39 is 5.54 Å². The van der Waals surface area contributed by atoms with E-state index in [0.717, 1.165) is 32.2 Å². The second-order valence-electron chi connectivity index (χ2n) is 7.56. The van der Waals surface area contributed by atoms with Crippen molar-refractivity contribution in [2.24, 2.45) is 5.73 Å². The number of carbonyl (C=O) groups excluding carboxylic acids is 1. The second-order valence-corrected chi connectivity index (χ2v) is 7.56. The molecule has 0 saturated heterocycles. The molecule has 0 aromatic heterocycles. The number of fused-ring (bicyclic) bond motifs is 1. The summed E-state index contributed by atoms with van der Waals surface area (Å²) >= 11 is 0. The Morgan fingerprint density at radius 1 is 0.962 bits per heavy atom. The van der Waals surface area contributed by atoms with Gasteiger partial charge in [0.25, 0.3) is 0 Å². The van der Waals surface area contributed by atoms with Crippen LogP contribution in [0.15, 0.2) is 54.6 Å². The lowest BCUT2D eigenvalue weighted by molar-refractivity contribution is -0.139. The van der Waals surface area contributed by atoms with E-state index in [0.29, 0.717) is 6.54 Å². The van der Waals surface area contributed by atoms with E-state index >= 15 is 0 Å². The Bertz CT molecular complexity index is 756. The molecule has 138 valence electrons. The van der Waals surface area contributed by atoms with Crippen LogP contribution in [-0.2, 0) is 11.3 Å². The van der Waals surface area contributed by atoms with Crippen molar-refractivity contribution in [3.05, 3.63) is 71.3 Å². The zero-order valence-electron chi connectivity index (χ0n) is 15.1. The Hall–Kier alpha value is -1.84. The maximum Gasteiger partial charge on any atom is 0.242 e. The maximum atomic E-state index is 13.3. The first kappa shape index (κ1) is 18.9. The van der Waals surface area contributed by atoms with Gasteiger partial charge >= 0.3 is 0 Å². The van der Waals surface area contributed by atoms with Crippen LogP contribution in [0.1, 0.15) is 54.7 Å². The Labute approximate surface area is 162 Å². The number of hydrogen-bond donors (Lipinski definition) is 1. The number of halogens is 1. The maximum absolute atomic E-state index is 13.3. The lowest BCUT2D eigenvalue weighted by Gasteiger charge is -2.41. The fraction of sp³-hybridized carbons (Fsp3) is 0.409. The van der Waals surface area contributed by atoms with Crippen LogP contribution >= 0.6 is 12.4 Å². The van der Waals surface area contributed by atoms with Gasteiger partial charge in [0.1, 0.15) is 0 Å². The van der Waals surface area contributed by atoms with Crippen LogP contribution in [0.2, 0.25) is 0 Å². The summed E-state index contributed by atoms with van der Waals surface area (Å²) in [7, 11) is 0. The minimum atomic E-state index is -0.661. The first-order valence-corrected chi connectivity index (χ1v) is 9.38. The average Bonchev–Trinajstić information content (AvgIpc) is 2.68. The molecule has 1 aliphatic carbocycles.